The summed E-state index contributed by atoms with van der Waals surface area (Å²) >= 11 is 3.42. The lowest BCUT2D eigenvalue weighted by molar-refractivity contribution is 0.240. The van der Waals surface area contributed by atoms with E-state index in [1.54, 1.807) is 23.1 Å². The highest BCUT2D eigenvalue weighted by molar-refractivity contribution is 8.17. The van der Waals surface area contributed by atoms with Gasteiger partial charge >= 0.3 is 0 Å². The van der Waals surface area contributed by atoms with Crippen LogP contribution >= 0.6 is 23.1 Å². The number of hydrogen-bond donors (Lipinski definition) is 1. The number of nitrogens with zero attached hydrogens (tertiary/aromatic N) is 2. The van der Waals surface area contributed by atoms with Gasteiger partial charge in [-0.3, -0.25) is 4.99 Å². The van der Waals surface area contributed by atoms with E-state index in [0.29, 0.717) is 0 Å². The van der Waals surface area contributed by atoms with Crippen molar-refractivity contribution in [1.82, 2.24) is 4.90 Å². The molecule has 1 unspecified atom stereocenters. The molecule has 3 heterocycles. The first-order chi connectivity index (χ1) is 10.1. The van der Waals surface area contributed by atoms with Crippen LogP contribution in [0.1, 0.15) is 17.4 Å². The zero-order valence-corrected chi connectivity index (χ0v) is 13.6. The van der Waals surface area contributed by atoms with E-state index in [1.165, 1.54) is 20.5 Å². The Morgan fingerprint density at radius 1 is 1.38 bits per heavy atom. The van der Waals surface area contributed by atoms with E-state index in [1.807, 2.05) is 6.92 Å². The Morgan fingerprint density at radius 3 is 3.00 bits per heavy atom. The van der Waals surface area contributed by atoms with E-state index in [4.69, 9.17) is 0 Å². The largest absolute Gasteiger partial charge is 0.388 e. The SMILES string of the molecule is Cc1cccc2sc(C3=C(C(C)O)SC4=NCCN43)cc12. The van der Waals surface area contributed by atoms with E-state index < -0.39 is 6.10 Å². The number of benzene rings is 1. The van der Waals surface area contributed by atoms with Gasteiger partial charge in [0.25, 0.3) is 0 Å². The number of aliphatic hydroxyl groups excluding tert-OH is 1. The number of aryl methyl sites for hydroxylation is 1. The van der Waals surface area contributed by atoms with Gasteiger partial charge in [0.05, 0.1) is 23.2 Å². The van der Waals surface area contributed by atoms with Crippen LogP contribution in [-0.2, 0) is 0 Å². The first-order valence-electron chi connectivity index (χ1n) is 7.07. The summed E-state index contributed by atoms with van der Waals surface area (Å²) in [5.41, 5.74) is 2.46. The molecule has 108 valence electrons. The summed E-state index contributed by atoms with van der Waals surface area (Å²) in [6.45, 7) is 5.75. The van der Waals surface area contributed by atoms with Crippen molar-refractivity contribution in [2.75, 3.05) is 13.1 Å². The minimum absolute atomic E-state index is 0.454. The van der Waals surface area contributed by atoms with Gasteiger partial charge in [-0.25, -0.2) is 0 Å². The number of rotatable bonds is 2. The molecule has 2 aromatic rings. The molecular weight excluding hydrogens is 300 g/mol. The topological polar surface area (TPSA) is 35.8 Å². The zero-order valence-electron chi connectivity index (χ0n) is 12.0. The normalized spacial score (nSPS) is 19.4. The van der Waals surface area contributed by atoms with Gasteiger partial charge in [0.1, 0.15) is 0 Å². The van der Waals surface area contributed by atoms with Crippen molar-refractivity contribution in [3.63, 3.8) is 0 Å². The van der Waals surface area contributed by atoms with E-state index in [-0.39, 0.29) is 0 Å². The molecule has 0 saturated carbocycles. The van der Waals surface area contributed by atoms with Crippen molar-refractivity contribution in [3.05, 3.63) is 39.6 Å². The average Bonchev–Trinajstić information content (AvgIpc) is 3.10. The third kappa shape index (κ3) is 2.03. The van der Waals surface area contributed by atoms with Gasteiger partial charge in [0, 0.05) is 16.1 Å². The zero-order chi connectivity index (χ0) is 14.6. The van der Waals surface area contributed by atoms with Crippen molar-refractivity contribution >= 4 is 44.0 Å². The van der Waals surface area contributed by atoms with Crippen molar-refractivity contribution in [1.29, 1.82) is 0 Å². The molecule has 21 heavy (non-hydrogen) atoms. The Hall–Kier alpha value is -1.30. The summed E-state index contributed by atoms with van der Waals surface area (Å²) in [5.74, 6) is 0. The summed E-state index contributed by atoms with van der Waals surface area (Å²) in [5, 5.41) is 12.5. The second-order valence-electron chi connectivity index (χ2n) is 5.40. The summed E-state index contributed by atoms with van der Waals surface area (Å²) in [4.78, 5) is 9.05. The van der Waals surface area contributed by atoms with E-state index in [2.05, 4.69) is 41.1 Å². The number of thioether (sulfide) groups is 1. The average molecular weight is 316 g/mol. The van der Waals surface area contributed by atoms with Crippen LogP contribution in [0.5, 0.6) is 0 Å². The summed E-state index contributed by atoms with van der Waals surface area (Å²) < 4.78 is 1.30. The Labute approximate surface area is 132 Å². The van der Waals surface area contributed by atoms with Crippen LogP contribution in [0.4, 0.5) is 0 Å². The molecule has 0 amide bonds. The van der Waals surface area contributed by atoms with Crippen molar-refractivity contribution < 1.29 is 5.11 Å². The molecule has 5 heteroatoms. The van der Waals surface area contributed by atoms with Gasteiger partial charge in [0.15, 0.2) is 5.17 Å². The molecule has 0 spiro atoms. The molecule has 1 aromatic heterocycles. The first-order valence-corrected chi connectivity index (χ1v) is 8.70. The highest BCUT2D eigenvalue weighted by atomic mass is 32.2. The fourth-order valence-electron chi connectivity index (χ4n) is 2.86. The van der Waals surface area contributed by atoms with Crippen molar-refractivity contribution in [2.45, 2.75) is 20.0 Å². The smallest absolute Gasteiger partial charge is 0.168 e. The maximum Gasteiger partial charge on any atom is 0.168 e. The predicted octanol–water partition coefficient (Wildman–Crippen LogP) is 3.68. The van der Waals surface area contributed by atoms with Gasteiger partial charge in [-0.1, -0.05) is 23.9 Å². The van der Waals surface area contributed by atoms with Crippen molar-refractivity contribution in [2.24, 2.45) is 4.99 Å². The van der Waals surface area contributed by atoms with Gasteiger partial charge in [-0.15, -0.1) is 11.3 Å². The third-order valence-electron chi connectivity index (χ3n) is 3.90. The number of amidine groups is 1. The lowest BCUT2D eigenvalue weighted by Crippen LogP contribution is -2.19. The summed E-state index contributed by atoms with van der Waals surface area (Å²) in [6.07, 6.45) is -0.454. The molecule has 4 rings (SSSR count). The van der Waals surface area contributed by atoms with Crippen LogP contribution in [0.2, 0.25) is 0 Å². The minimum Gasteiger partial charge on any atom is -0.388 e. The molecule has 0 saturated heterocycles. The fraction of sp³-hybridized carbons (Fsp3) is 0.312. The monoisotopic (exact) mass is 316 g/mol. The lowest BCUT2D eigenvalue weighted by atomic mass is 10.1. The van der Waals surface area contributed by atoms with Crippen LogP contribution in [0.25, 0.3) is 15.8 Å². The number of aliphatic imine (C=N–C) groups is 1. The number of aliphatic hydroxyl groups is 1. The Bertz CT molecular complexity index is 789. The Kier molecular flexibility index (Phi) is 3.10. The minimum atomic E-state index is -0.454. The highest BCUT2D eigenvalue weighted by Crippen LogP contribution is 2.46. The number of hydrogen-bond acceptors (Lipinski definition) is 5. The van der Waals surface area contributed by atoms with Crippen molar-refractivity contribution in [3.8, 4) is 0 Å². The van der Waals surface area contributed by atoms with E-state index in [9.17, 15) is 5.11 Å². The van der Waals surface area contributed by atoms with Crippen LogP contribution < -0.4 is 0 Å². The third-order valence-corrected chi connectivity index (χ3v) is 6.29. The summed E-state index contributed by atoms with van der Waals surface area (Å²) in [7, 11) is 0. The molecular formula is C16H16N2OS2. The molecule has 0 bridgehead atoms. The lowest BCUT2D eigenvalue weighted by Gasteiger charge is -2.16. The van der Waals surface area contributed by atoms with E-state index >= 15 is 0 Å². The van der Waals surface area contributed by atoms with Crippen LogP contribution in [-0.4, -0.2) is 34.4 Å². The van der Waals surface area contributed by atoms with Gasteiger partial charge in [-0.05, 0) is 36.9 Å². The molecule has 1 atom stereocenters. The molecule has 2 aliphatic rings. The summed E-state index contributed by atoms with van der Waals surface area (Å²) in [6, 6.07) is 8.68. The van der Waals surface area contributed by atoms with Crippen LogP contribution in [0.3, 0.4) is 0 Å². The van der Waals surface area contributed by atoms with Crippen LogP contribution in [0, 0.1) is 6.92 Å². The Morgan fingerprint density at radius 2 is 2.24 bits per heavy atom. The quantitative estimate of drug-likeness (QED) is 0.918. The molecule has 2 aliphatic heterocycles. The highest BCUT2D eigenvalue weighted by Gasteiger charge is 2.35. The maximum atomic E-state index is 10.1. The molecule has 1 aromatic carbocycles. The fourth-order valence-corrected chi connectivity index (χ4v) is 5.27. The maximum absolute atomic E-state index is 10.1. The number of fused-ring (bicyclic) bond motifs is 2. The molecule has 0 fully saturated rings. The van der Waals surface area contributed by atoms with Gasteiger partial charge in [0.2, 0.25) is 0 Å². The molecule has 1 N–H and O–H groups in total. The second-order valence-corrected chi connectivity index (χ2v) is 7.50. The molecule has 0 aliphatic carbocycles. The first kappa shape index (κ1) is 13.4. The molecule has 0 radical (unpaired) electrons. The second kappa shape index (κ2) is 4.87. The predicted molar refractivity (Wildman–Crippen MR) is 91.8 cm³/mol. The van der Waals surface area contributed by atoms with Crippen LogP contribution in [0.15, 0.2) is 34.2 Å². The van der Waals surface area contributed by atoms with Gasteiger partial charge < -0.3 is 10.0 Å². The van der Waals surface area contributed by atoms with E-state index in [0.717, 1.165) is 28.9 Å². The Balaban J connectivity index is 1.90. The standard InChI is InChI=1S/C16H16N2OS2/c1-9-4-3-5-12-11(9)8-13(20-12)14-15(10(2)19)21-16-17-6-7-18(14)16/h3-5,8,10,19H,6-7H2,1-2H3. The van der Waals surface area contributed by atoms with Gasteiger partial charge in [-0.2, -0.15) is 0 Å². The number of thiophene rings is 1. The molecule has 3 nitrogen and oxygen atoms in total.